The summed E-state index contributed by atoms with van der Waals surface area (Å²) in [5.74, 6) is 2.29. The predicted octanol–water partition coefficient (Wildman–Crippen LogP) is 8.86. The molecular formula is C37H44P2. The average molecular weight is 551 g/mol. The van der Waals surface area contributed by atoms with Crippen molar-refractivity contribution in [2.45, 2.75) is 64.2 Å². The van der Waals surface area contributed by atoms with Crippen LogP contribution in [0.15, 0.2) is 121 Å². The maximum Gasteiger partial charge on any atom is -0.0126 e. The van der Waals surface area contributed by atoms with E-state index >= 15 is 0 Å². The minimum atomic E-state index is -0.443. The van der Waals surface area contributed by atoms with E-state index in [2.05, 4.69) is 142 Å². The fraction of sp³-hybridized carbons (Fsp3) is 0.351. The number of rotatable bonds is 9. The summed E-state index contributed by atoms with van der Waals surface area (Å²) in [7, 11) is -0.880. The van der Waals surface area contributed by atoms with E-state index in [1.165, 1.54) is 53.3 Å². The lowest BCUT2D eigenvalue weighted by molar-refractivity contribution is 0.279. The van der Waals surface area contributed by atoms with Gasteiger partial charge in [0.05, 0.1) is 0 Å². The first-order valence-corrected chi connectivity index (χ1v) is 17.8. The molecule has 1 aliphatic carbocycles. The Balaban J connectivity index is 1.57. The first kappa shape index (κ1) is 28.3. The molecule has 0 nitrogen and oxygen atoms in total. The van der Waals surface area contributed by atoms with Crippen LogP contribution in [0.5, 0.6) is 0 Å². The first-order chi connectivity index (χ1) is 19.2. The van der Waals surface area contributed by atoms with Crippen molar-refractivity contribution in [1.29, 1.82) is 0 Å². The monoisotopic (exact) mass is 550 g/mol. The van der Waals surface area contributed by atoms with Gasteiger partial charge in [0.25, 0.3) is 0 Å². The Morgan fingerprint density at radius 1 is 0.538 bits per heavy atom. The highest BCUT2D eigenvalue weighted by Crippen LogP contribution is 2.54. The van der Waals surface area contributed by atoms with E-state index in [4.69, 9.17) is 0 Å². The second-order valence-electron chi connectivity index (χ2n) is 11.3. The maximum atomic E-state index is 2.61. The fourth-order valence-electron chi connectivity index (χ4n) is 7.03. The van der Waals surface area contributed by atoms with E-state index in [1.54, 1.807) is 0 Å². The third-order valence-corrected chi connectivity index (χ3v) is 14.9. The summed E-state index contributed by atoms with van der Waals surface area (Å²) in [5, 5.41) is 6.12. The van der Waals surface area contributed by atoms with Crippen molar-refractivity contribution in [3.8, 4) is 0 Å². The summed E-state index contributed by atoms with van der Waals surface area (Å²) < 4.78 is 0. The average Bonchev–Trinajstić information content (AvgIpc) is 3.22. The van der Waals surface area contributed by atoms with Gasteiger partial charge < -0.3 is 0 Å². The van der Waals surface area contributed by atoms with Crippen molar-refractivity contribution in [3.63, 3.8) is 0 Å². The van der Waals surface area contributed by atoms with Crippen molar-refractivity contribution >= 4 is 37.1 Å². The third kappa shape index (κ3) is 6.73. The lowest BCUT2D eigenvalue weighted by Gasteiger charge is -2.42. The van der Waals surface area contributed by atoms with Crippen molar-refractivity contribution in [1.82, 2.24) is 0 Å². The van der Waals surface area contributed by atoms with E-state index in [1.807, 2.05) is 0 Å². The molecule has 0 N–H and O–H groups in total. The quantitative estimate of drug-likeness (QED) is 0.144. The molecule has 4 aromatic carbocycles. The van der Waals surface area contributed by atoms with E-state index in [0.29, 0.717) is 11.3 Å². The molecule has 2 heteroatoms. The Morgan fingerprint density at radius 3 is 1.26 bits per heavy atom. The first-order valence-electron chi connectivity index (χ1n) is 15.0. The van der Waals surface area contributed by atoms with Crippen LogP contribution in [-0.2, 0) is 0 Å². The molecule has 1 unspecified atom stereocenters. The van der Waals surface area contributed by atoms with Crippen LogP contribution in [0.2, 0.25) is 0 Å². The highest BCUT2D eigenvalue weighted by molar-refractivity contribution is 7.74. The van der Waals surface area contributed by atoms with Gasteiger partial charge in [-0.15, -0.1) is 0 Å². The van der Waals surface area contributed by atoms with Gasteiger partial charge >= 0.3 is 0 Å². The summed E-state index contributed by atoms with van der Waals surface area (Å²) in [5.41, 5.74) is 1.27. The van der Waals surface area contributed by atoms with Gasteiger partial charge in [0.15, 0.2) is 0 Å². The summed E-state index contributed by atoms with van der Waals surface area (Å²) in [6, 6.07) is 45.7. The van der Waals surface area contributed by atoms with Crippen LogP contribution in [0, 0.1) is 17.8 Å². The van der Waals surface area contributed by atoms with Crippen molar-refractivity contribution in [2.24, 2.45) is 17.8 Å². The van der Waals surface area contributed by atoms with Crippen LogP contribution >= 0.6 is 15.8 Å². The number of hydrogen-bond donors (Lipinski definition) is 0. The Labute approximate surface area is 239 Å². The Kier molecular flexibility index (Phi) is 10.1. The minimum Gasteiger partial charge on any atom is -0.0651 e. The molecule has 202 valence electrons. The SMILES string of the molecule is CCC1CCC[C@H]([C@@H](C)P(c2ccccc2)c2ccccc2)[C@@H]([C@@H](C)P(c2ccccc2)c2ccccc2)C1. The topological polar surface area (TPSA) is 0 Å². The summed E-state index contributed by atoms with van der Waals surface area (Å²) >= 11 is 0. The highest BCUT2D eigenvalue weighted by atomic mass is 31.1. The zero-order valence-corrected chi connectivity index (χ0v) is 25.7. The van der Waals surface area contributed by atoms with Gasteiger partial charge in [-0.2, -0.15) is 0 Å². The van der Waals surface area contributed by atoms with Crippen LogP contribution in [0.1, 0.15) is 52.9 Å². The molecule has 0 radical (unpaired) electrons. The predicted molar refractivity (Wildman–Crippen MR) is 176 cm³/mol. The van der Waals surface area contributed by atoms with Crippen molar-refractivity contribution in [2.75, 3.05) is 0 Å². The van der Waals surface area contributed by atoms with Gasteiger partial charge in [0.2, 0.25) is 0 Å². The molecule has 4 aromatic rings. The van der Waals surface area contributed by atoms with Crippen LogP contribution in [-0.4, -0.2) is 11.3 Å². The van der Waals surface area contributed by atoms with Crippen LogP contribution in [0.4, 0.5) is 0 Å². The smallest absolute Gasteiger partial charge is 0.0126 e. The maximum absolute atomic E-state index is 2.61. The Morgan fingerprint density at radius 2 is 0.897 bits per heavy atom. The molecule has 0 heterocycles. The number of hydrogen-bond acceptors (Lipinski definition) is 0. The molecule has 0 amide bonds. The Hall–Kier alpha value is -2.26. The van der Waals surface area contributed by atoms with Crippen molar-refractivity contribution < 1.29 is 0 Å². The molecule has 5 atom stereocenters. The normalized spacial score (nSPS) is 21.4. The summed E-state index contributed by atoms with van der Waals surface area (Å²) in [6.07, 6.45) is 6.81. The molecule has 0 aliphatic heterocycles. The van der Waals surface area contributed by atoms with Gasteiger partial charge in [-0.3, -0.25) is 0 Å². The van der Waals surface area contributed by atoms with Gasteiger partial charge in [0, 0.05) is 0 Å². The van der Waals surface area contributed by atoms with Gasteiger partial charge in [-0.25, -0.2) is 0 Å². The molecule has 0 bridgehead atoms. The third-order valence-electron chi connectivity index (χ3n) is 9.07. The summed E-state index contributed by atoms with van der Waals surface area (Å²) in [6.45, 7) is 7.64. The number of benzene rings is 4. The van der Waals surface area contributed by atoms with E-state index in [9.17, 15) is 0 Å². The lowest BCUT2D eigenvalue weighted by atomic mass is 9.81. The zero-order valence-electron chi connectivity index (χ0n) is 23.9. The molecule has 1 aliphatic rings. The molecule has 5 rings (SSSR count). The van der Waals surface area contributed by atoms with E-state index < -0.39 is 15.8 Å². The fourth-order valence-corrected chi connectivity index (χ4v) is 13.0. The lowest BCUT2D eigenvalue weighted by Crippen LogP contribution is -2.37. The standard InChI is InChI=1S/C37H44P2/c1-4-31-18-17-27-36(29(2)38(32-19-9-5-10-20-32)33-21-11-6-12-22-33)37(28-31)30(3)39(34-23-13-7-14-24-34)35-25-15-8-16-26-35/h5-16,19-26,29-31,36-37H,4,17-18,27-28H2,1-3H3/t29-,30-,31?,36-,37-/m1/s1. The molecule has 39 heavy (non-hydrogen) atoms. The van der Waals surface area contributed by atoms with Crippen LogP contribution in [0.3, 0.4) is 0 Å². The van der Waals surface area contributed by atoms with Crippen LogP contribution < -0.4 is 21.2 Å². The van der Waals surface area contributed by atoms with Crippen molar-refractivity contribution in [3.05, 3.63) is 121 Å². The van der Waals surface area contributed by atoms with E-state index in [-0.39, 0.29) is 0 Å². The molecule has 1 fully saturated rings. The largest absolute Gasteiger partial charge is 0.0651 e. The molecule has 0 saturated heterocycles. The van der Waals surface area contributed by atoms with Crippen LogP contribution in [0.25, 0.3) is 0 Å². The highest BCUT2D eigenvalue weighted by Gasteiger charge is 2.40. The van der Waals surface area contributed by atoms with Gasteiger partial charge in [-0.05, 0) is 79.0 Å². The molecule has 0 aromatic heterocycles. The molecule has 1 saturated carbocycles. The molecular weight excluding hydrogens is 506 g/mol. The summed E-state index contributed by atoms with van der Waals surface area (Å²) in [4.78, 5) is 0. The second-order valence-corrected chi connectivity index (χ2v) is 16.5. The second kappa shape index (κ2) is 13.9. The van der Waals surface area contributed by atoms with Gasteiger partial charge in [0.1, 0.15) is 0 Å². The van der Waals surface area contributed by atoms with Gasteiger partial charge in [-0.1, -0.05) is 161 Å². The minimum absolute atomic E-state index is 0.437. The zero-order chi connectivity index (χ0) is 27.0. The van der Waals surface area contributed by atoms with E-state index in [0.717, 1.165) is 17.8 Å². The molecule has 0 spiro atoms. The Bertz CT molecular complexity index is 1160.